The third-order valence-electron chi connectivity index (χ3n) is 4.36. The quantitative estimate of drug-likeness (QED) is 0.798. The highest BCUT2D eigenvalue weighted by molar-refractivity contribution is 7.14. The van der Waals surface area contributed by atoms with Gasteiger partial charge in [0.1, 0.15) is 5.00 Å². The van der Waals surface area contributed by atoms with Gasteiger partial charge in [-0.2, -0.15) is 0 Å². The summed E-state index contributed by atoms with van der Waals surface area (Å²) in [7, 11) is 1.92. The van der Waals surface area contributed by atoms with Crippen LogP contribution in [0.2, 0.25) is 5.02 Å². The van der Waals surface area contributed by atoms with Gasteiger partial charge in [0.15, 0.2) is 0 Å². The lowest BCUT2D eigenvalue weighted by Gasteiger charge is -2.32. The van der Waals surface area contributed by atoms with E-state index < -0.39 is 0 Å². The highest BCUT2D eigenvalue weighted by Crippen LogP contribution is 2.27. The summed E-state index contributed by atoms with van der Waals surface area (Å²) in [5, 5.41) is 8.82. The van der Waals surface area contributed by atoms with Gasteiger partial charge < -0.3 is 15.5 Å². The zero-order valence-corrected chi connectivity index (χ0v) is 16.7. The molecule has 0 bridgehead atoms. The zero-order chi connectivity index (χ0) is 17.8. The summed E-state index contributed by atoms with van der Waals surface area (Å²) in [4.78, 5) is 27.2. The molecule has 8 heteroatoms. The third-order valence-corrected chi connectivity index (χ3v) is 5.52. The van der Waals surface area contributed by atoms with Gasteiger partial charge in [-0.1, -0.05) is 23.7 Å². The molecule has 2 aromatic rings. The van der Waals surface area contributed by atoms with Gasteiger partial charge in [0.2, 0.25) is 0 Å². The van der Waals surface area contributed by atoms with E-state index in [-0.39, 0.29) is 24.2 Å². The molecule has 1 aromatic carbocycles. The molecule has 5 nitrogen and oxygen atoms in total. The summed E-state index contributed by atoms with van der Waals surface area (Å²) in [5.74, 6) is -0.357. The smallest absolute Gasteiger partial charge is 0.257 e. The van der Waals surface area contributed by atoms with Crippen LogP contribution in [0, 0.1) is 0 Å². The minimum absolute atomic E-state index is 0. The molecule has 140 valence electrons. The maximum absolute atomic E-state index is 12.9. The number of nitrogens with zero attached hydrogens (tertiary/aromatic N) is 1. The van der Waals surface area contributed by atoms with Crippen LogP contribution in [0.1, 0.15) is 33.6 Å². The van der Waals surface area contributed by atoms with E-state index in [1.807, 2.05) is 17.3 Å². The third kappa shape index (κ3) is 4.57. The van der Waals surface area contributed by atoms with E-state index >= 15 is 0 Å². The van der Waals surface area contributed by atoms with E-state index in [0.29, 0.717) is 33.7 Å². The second kappa shape index (κ2) is 9.37. The second-order valence-corrected chi connectivity index (χ2v) is 7.30. The van der Waals surface area contributed by atoms with Crippen LogP contribution in [-0.2, 0) is 0 Å². The molecule has 1 unspecified atom stereocenters. The van der Waals surface area contributed by atoms with Crippen LogP contribution in [0.5, 0.6) is 0 Å². The van der Waals surface area contributed by atoms with E-state index in [2.05, 4.69) is 10.6 Å². The molecule has 2 N–H and O–H groups in total. The highest BCUT2D eigenvalue weighted by atomic mass is 35.5. The molecule has 1 atom stereocenters. The Morgan fingerprint density at radius 1 is 1.23 bits per heavy atom. The number of benzene rings is 1. The molecule has 0 saturated carbocycles. The van der Waals surface area contributed by atoms with Crippen molar-refractivity contribution in [2.45, 2.75) is 18.9 Å². The standard InChI is InChI=1S/C18H20ClN3O2S.ClH/c1-20-12-5-4-9-22(11-12)18(24)14-8-10-25-17(14)21-16(23)13-6-2-3-7-15(13)19;/h2-3,6-8,10,12,20H,4-5,9,11H2,1H3,(H,21,23);1H. The maximum atomic E-state index is 12.9. The van der Waals surface area contributed by atoms with Gasteiger partial charge >= 0.3 is 0 Å². The van der Waals surface area contributed by atoms with Crippen LogP contribution in [0.4, 0.5) is 5.00 Å². The molecule has 1 aromatic heterocycles. The molecule has 2 amide bonds. The Labute approximate surface area is 168 Å². The fourth-order valence-corrected chi connectivity index (χ4v) is 3.95. The molecule has 1 saturated heterocycles. The molecule has 3 rings (SSSR count). The van der Waals surface area contributed by atoms with Crippen LogP contribution < -0.4 is 10.6 Å². The van der Waals surface area contributed by atoms with Gasteiger partial charge in [-0.25, -0.2) is 0 Å². The Kier molecular flexibility index (Phi) is 7.46. The first kappa shape index (κ1) is 20.7. The monoisotopic (exact) mass is 413 g/mol. The Morgan fingerprint density at radius 2 is 2.00 bits per heavy atom. The zero-order valence-electron chi connectivity index (χ0n) is 14.3. The fraction of sp³-hybridized carbons (Fsp3) is 0.333. The number of piperidine rings is 1. The Hall–Kier alpha value is -1.60. The number of nitrogens with one attached hydrogen (secondary N) is 2. The molecule has 26 heavy (non-hydrogen) atoms. The minimum atomic E-state index is -0.311. The Morgan fingerprint density at radius 3 is 2.73 bits per heavy atom. The number of carbonyl (C=O) groups is 2. The predicted octanol–water partition coefficient (Wildman–Crippen LogP) is 3.90. The highest BCUT2D eigenvalue weighted by Gasteiger charge is 2.26. The van der Waals surface area contributed by atoms with Gasteiger partial charge in [0.05, 0.1) is 16.1 Å². The fourth-order valence-electron chi connectivity index (χ4n) is 2.96. The van der Waals surface area contributed by atoms with E-state index in [0.717, 1.165) is 19.4 Å². The average Bonchev–Trinajstić information content (AvgIpc) is 3.09. The lowest BCUT2D eigenvalue weighted by molar-refractivity contribution is 0.0699. The van der Waals surface area contributed by atoms with Crippen molar-refractivity contribution in [2.24, 2.45) is 0 Å². The van der Waals surface area contributed by atoms with Gasteiger partial charge in [-0.15, -0.1) is 23.7 Å². The first-order valence-corrected chi connectivity index (χ1v) is 9.46. The maximum Gasteiger partial charge on any atom is 0.257 e. The van der Waals surface area contributed by atoms with Crippen molar-refractivity contribution in [1.29, 1.82) is 0 Å². The summed E-state index contributed by atoms with van der Waals surface area (Å²) in [6.45, 7) is 1.42. The largest absolute Gasteiger partial charge is 0.337 e. The van der Waals surface area contributed by atoms with Crippen molar-refractivity contribution in [3.8, 4) is 0 Å². The molecule has 0 radical (unpaired) electrons. The number of rotatable bonds is 4. The first-order valence-electron chi connectivity index (χ1n) is 8.20. The van der Waals surface area contributed by atoms with Gasteiger partial charge in [-0.3, -0.25) is 9.59 Å². The van der Waals surface area contributed by atoms with E-state index in [9.17, 15) is 9.59 Å². The van der Waals surface area contributed by atoms with Crippen molar-refractivity contribution in [1.82, 2.24) is 10.2 Å². The first-order chi connectivity index (χ1) is 12.1. The number of amides is 2. The van der Waals surface area contributed by atoms with Crippen LogP contribution >= 0.6 is 35.3 Å². The Balaban J connectivity index is 0.00000243. The minimum Gasteiger partial charge on any atom is -0.337 e. The van der Waals surface area contributed by atoms with Gasteiger partial charge in [0.25, 0.3) is 11.8 Å². The van der Waals surface area contributed by atoms with Crippen LogP contribution in [0.25, 0.3) is 0 Å². The number of hydrogen-bond donors (Lipinski definition) is 2. The summed E-state index contributed by atoms with van der Waals surface area (Å²) in [5.41, 5.74) is 0.923. The molecule has 0 aliphatic carbocycles. The van der Waals surface area contributed by atoms with Crippen molar-refractivity contribution < 1.29 is 9.59 Å². The SMILES string of the molecule is CNC1CCCN(C(=O)c2ccsc2NC(=O)c2ccccc2Cl)C1.Cl. The number of halogens is 2. The Bertz CT molecular complexity index is 781. The molecule has 1 aliphatic rings. The van der Waals surface area contributed by atoms with Gasteiger partial charge in [-0.05, 0) is 43.5 Å². The number of likely N-dealkylation sites (tertiary alicyclic amines) is 1. The molecule has 0 spiro atoms. The summed E-state index contributed by atoms with van der Waals surface area (Å²) in [6.07, 6.45) is 2.04. The predicted molar refractivity (Wildman–Crippen MR) is 109 cm³/mol. The molecule has 1 aliphatic heterocycles. The molecule has 2 heterocycles. The summed E-state index contributed by atoms with van der Waals surface area (Å²) >= 11 is 7.41. The van der Waals surface area contributed by atoms with Gasteiger partial charge in [0, 0.05) is 19.1 Å². The molecular formula is C18H21Cl2N3O2S. The molecular weight excluding hydrogens is 393 g/mol. The van der Waals surface area contributed by atoms with E-state index in [4.69, 9.17) is 11.6 Å². The second-order valence-electron chi connectivity index (χ2n) is 5.98. The number of likely N-dealkylation sites (N-methyl/N-ethyl adjacent to an activating group) is 1. The molecule has 1 fully saturated rings. The van der Waals surface area contributed by atoms with Crippen LogP contribution in [0.15, 0.2) is 35.7 Å². The lowest BCUT2D eigenvalue weighted by atomic mass is 10.1. The van der Waals surface area contributed by atoms with E-state index in [1.165, 1.54) is 11.3 Å². The summed E-state index contributed by atoms with van der Waals surface area (Å²) in [6, 6.07) is 8.94. The lowest BCUT2D eigenvalue weighted by Crippen LogP contribution is -2.47. The number of anilines is 1. The topological polar surface area (TPSA) is 61.4 Å². The normalized spacial score (nSPS) is 16.7. The van der Waals surface area contributed by atoms with Crippen molar-refractivity contribution in [2.75, 3.05) is 25.5 Å². The van der Waals surface area contributed by atoms with Crippen molar-refractivity contribution in [3.05, 3.63) is 51.9 Å². The van der Waals surface area contributed by atoms with E-state index in [1.54, 1.807) is 30.3 Å². The number of hydrogen-bond acceptors (Lipinski definition) is 4. The number of carbonyl (C=O) groups excluding carboxylic acids is 2. The number of thiophene rings is 1. The van der Waals surface area contributed by atoms with Crippen molar-refractivity contribution >= 4 is 52.2 Å². The van der Waals surface area contributed by atoms with Crippen LogP contribution in [-0.4, -0.2) is 42.9 Å². The average molecular weight is 414 g/mol. The summed E-state index contributed by atoms with van der Waals surface area (Å²) < 4.78 is 0. The van der Waals surface area contributed by atoms with Crippen LogP contribution in [0.3, 0.4) is 0 Å². The van der Waals surface area contributed by atoms with Crippen molar-refractivity contribution in [3.63, 3.8) is 0 Å².